The minimum absolute atomic E-state index is 0.0575. The van der Waals surface area contributed by atoms with E-state index < -0.39 is 5.82 Å². The van der Waals surface area contributed by atoms with E-state index in [1.165, 1.54) is 19.2 Å². The normalized spacial score (nSPS) is 10.2. The molecule has 1 aromatic carbocycles. The lowest BCUT2D eigenvalue weighted by atomic mass is 10.1. The van der Waals surface area contributed by atoms with Crippen LogP contribution in [-0.2, 0) is 0 Å². The van der Waals surface area contributed by atoms with Crippen LogP contribution in [0.4, 0.5) is 4.39 Å². The first kappa shape index (κ1) is 13.8. The number of benzene rings is 1. The van der Waals surface area contributed by atoms with Crippen molar-refractivity contribution in [2.24, 2.45) is 0 Å². The molecule has 0 spiro atoms. The lowest BCUT2D eigenvalue weighted by Crippen LogP contribution is -2.30. The molecule has 0 aliphatic heterocycles. The summed E-state index contributed by atoms with van der Waals surface area (Å²) in [5.41, 5.74) is 0.193. The molecule has 0 unspecified atom stereocenters. The zero-order valence-corrected chi connectivity index (χ0v) is 10.8. The molecule has 5 heteroatoms. The van der Waals surface area contributed by atoms with Gasteiger partial charge in [0.15, 0.2) is 11.6 Å². The Morgan fingerprint density at radius 3 is 2.47 bits per heavy atom. The quantitative estimate of drug-likeness (QED) is 0.832. The van der Waals surface area contributed by atoms with E-state index in [9.17, 15) is 9.18 Å². The van der Waals surface area contributed by atoms with Gasteiger partial charge in [0.05, 0.1) is 17.7 Å². The molecule has 1 amide bonds. The maximum atomic E-state index is 13.7. The predicted molar refractivity (Wildman–Crippen MR) is 65.2 cm³/mol. The minimum atomic E-state index is -0.702. The summed E-state index contributed by atoms with van der Waals surface area (Å²) in [4.78, 5) is 13.7. The smallest absolute Gasteiger partial charge is 0.257 e. The summed E-state index contributed by atoms with van der Waals surface area (Å²) in [7, 11) is 1.31. The summed E-state index contributed by atoms with van der Waals surface area (Å²) in [5, 5.41) is -0.0575. The molecule has 1 aromatic rings. The van der Waals surface area contributed by atoms with Gasteiger partial charge in [-0.05, 0) is 26.0 Å². The monoisotopic (exact) mass is 259 g/mol. The van der Waals surface area contributed by atoms with Gasteiger partial charge in [-0.1, -0.05) is 11.6 Å². The highest BCUT2D eigenvalue weighted by molar-refractivity contribution is 6.31. The van der Waals surface area contributed by atoms with Crippen LogP contribution in [0.2, 0.25) is 5.02 Å². The molecule has 0 saturated carbocycles. The van der Waals surface area contributed by atoms with E-state index in [0.717, 1.165) is 0 Å². The van der Waals surface area contributed by atoms with Crippen LogP contribution in [0.15, 0.2) is 12.1 Å². The molecule has 0 atom stereocenters. The highest BCUT2D eigenvalue weighted by Crippen LogP contribution is 2.29. The van der Waals surface area contributed by atoms with Gasteiger partial charge in [-0.2, -0.15) is 0 Å². The first-order valence-corrected chi connectivity index (χ1v) is 5.75. The number of methoxy groups -OCH3 is 1. The molecule has 0 aromatic heterocycles. The third kappa shape index (κ3) is 2.69. The summed E-state index contributed by atoms with van der Waals surface area (Å²) < 4.78 is 18.6. The van der Waals surface area contributed by atoms with Crippen molar-refractivity contribution in [1.29, 1.82) is 0 Å². The van der Waals surface area contributed by atoms with E-state index in [1.54, 1.807) is 4.90 Å². The van der Waals surface area contributed by atoms with Crippen LogP contribution >= 0.6 is 11.6 Å². The number of nitrogens with zero attached hydrogens (tertiary/aromatic N) is 1. The van der Waals surface area contributed by atoms with Crippen LogP contribution < -0.4 is 4.74 Å². The number of carbonyl (C=O) groups is 1. The number of carbonyl (C=O) groups excluding carboxylic acids is 1. The Morgan fingerprint density at radius 1 is 1.41 bits per heavy atom. The van der Waals surface area contributed by atoms with Gasteiger partial charge < -0.3 is 9.64 Å². The van der Waals surface area contributed by atoms with Gasteiger partial charge in [0, 0.05) is 13.1 Å². The van der Waals surface area contributed by atoms with Crippen molar-refractivity contribution in [1.82, 2.24) is 4.90 Å². The maximum absolute atomic E-state index is 13.7. The average Bonchev–Trinajstić information content (AvgIpc) is 2.33. The van der Waals surface area contributed by atoms with Crippen LogP contribution in [0.1, 0.15) is 24.2 Å². The van der Waals surface area contributed by atoms with Crippen LogP contribution in [0.25, 0.3) is 0 Å². The SMILES string of the molecule is CCN(CC)C(=O)c1ccc(Cl)c(F)c1OC. The summed E-state index contributed by atoms with van der Waals surface area (Å²) in [6, 6.07) is 2.83. The van der Waals surface area contributed by atoms with Crippen LogP contribution in [0.5, 0.6) is 5.75 Å². The van der Waals surface area contributed by atoms with E-state index >= 15 is 0 Å². The standard InChI is InChI=1S/C12H15ClFNO2/c1-4-15(5-2)12(16)8-6-7-9(13)10(14)11(8)17-3/h6-7H,4-5H2,1-3H3. The summed E-state index contributed by atoms with van der Waals surface area (Å²) >= 11 is 5.64. The van der Waals surface area contributed by atoms with Crippen molar-refractivity contribution in [3.05, 3.63) is 28.5 Å². The van der Waals surface area contributed by atoms with Crippen molar-refractivity contribution in [3.63, 3.8) is 0 Å². The molecule has 17 heavy (non-hydrogen) atoms. The molecule has 94 valence electrons. The highest BCUT2D eigenvalue weighted by Gasteiger charge is 2.21. The second kappa shape index (κ2) is 5.87. The largest absolute Gasteiger partial charge is 0.493 e. The minimum Gasteiger partial charge on any atom is -0.493 e. The summed E-state index contributed by atoms with van der Waals surface area (Å²) in [6.45, 7) is 4.84. The van der Waals surface area contributed by atoms with Gasteiger partial charge in [-0.25, -0.2) is 4.39 Å². The first-order valence-electron chi connectivity index (χ1n) is 5.38. The number of amides is 1. The molecule has 0 heterocycles. The lowest BCUT2D eigenvalue weighted by Gasteiger charge is -2.20. The van der Waals surface area contributed by atoms with Crippen molar-refractivity contribution >= 4 is 17.5 Å². The van der Waals surface area contributed by atoms with E-state index in [4.69, 9.17) is 16.3 Å². The molecule has 1 rings (SSSR count). The zero-order valence-electron chi connectivity index (χ0n) is 10.1. The fraction of sp³-hybridized carbons (Fsp3) is 0.417. The summed E-state index contributed by atoms with van der Waals surface area (Å²) in [6.07, 6.45) is 0. The third-order valence-electron chi connectivity index (χ3n) is 2.54. The zero-order chi connectivity index (χ0) is 13.0. The number of hydrogen-bond donors (Lipinski definition) is 0. The van der Waals surface area contributed by atoms with E-state index in [1.807, 2.05) is 13.8 Å². The summed E-state index contributed by atoms with van der Waals surface area (Å²) in [5.74, 6) is -1.07. The predicted octanol–water partition coefficient (Wildman–Crippen LogP) is 2.97. The van der Waals surface area contributed by atoms with Crippen molar-refractivity contribution in [3.8, 4) is 5.75 Å². The molecule has 0 bridgehead atoms. The van der Waals surface area contributed by atoms with Gasteiger partial charge in [-0.15, -0.1) is 0 Å². The first-order chi connectivity index (χ1) is 8.06. The third-order valence-corrected chi connectivity index (χ3v) is 2.83. The second-order valence-corrected chi connectivity index (χ2v) is 3.83. The average molecular weight is 260 g/mol. The molecular formula is C12H15ClFNO2. The molecule has 3 nitrogen and oxygen atoms in total. The van der Waals surface area contributed by atoms with Gasteiger partial charge in [-0.3, -0.25) is 4.79 Å². The van der Waals surface area contributed by atoms with E-state index in [-0.39, 0.29) is 22.2 Å². The van der Waals surface area contributed by atoms with Gasteiger partial charge in [0.25, 0.3) is 5.91 Å². The second-order valence-electron chi connectivity index (χ2n) is 3.42. The van der Waals surface area contributed by atoms with Crippen molar-refractivity contribution < 1.29 is 13.9 Å². The van der Waals surface area contributed by atoms with Gasteiger partial charge in [0.1, 0.15) is 0 Å². The van der Waals surface area contributed by atoms with Crippen LogP contribution in [0.3, 0.4) is 0 Å². The topological polar surface area (TPSA) is 29.5 Å². The van der Waals surface area contributed by atoms with Gasteiger partial charge in [0.2, 0.25) is 0 Å². The Kier molecular flexibility index (Phi) is 4.75. The number of ether oxygens (including phenoxy) is 1. The molecule has 0 fully saturated rings. The molecule has 0 aliphatic carbocycles. The molecule has 0 radical (unpaired) electrons. The molecule has 0 saturated heterocycles. The Bertz CT molecular complexity index is 419. The number of hydrogen-bond acceptors (Lipinski definition) is 2. The molecule has 0 aliphatic rings. The van der Waals surface area contributed by atoms with Gasteiger partial charge >= 0.3 is 0 Å². The Morgan fingerprint density at radius 2 is 2.00 bits per heavy atom. The Balaban J connectivity index is 3.22. The Hall–Kier alpha value is -1.29. The fourth-order valence-corrected chi connectivity index (χ4v) is 1.73. The maximum Gasteiger partial charge on any atom is 0.257 e. The van der Waals surface area contributed by atoms with Crippen molar-refractivity contribution in [2.75, 3.05) is 20.2 Å². The lowest BCUT2D eigenvalue weighted by molar-refractivity contribution is 0.0768. The van der Waals surface area contributed by atoms with Crippen LogP contribution in [0, 0.1) is 5.82 Å². The Labute approximate surface area is 105 Å². The number of rotatable bonds is 4. The molecular weight excluding hydrogens is 245 g/mol. The van der Waals surface area contributed by atoms with Crippen molar-refractivity contribution in [2.45, 2.75) is 13.8 Å². The fourth-order valence-electron chi connectivity index (χ4n) is 1.58. The van der Waals surface area contributed by atoms with Crippen LogP contribution in [-0.4, -0.2) is 31.0 Å². The molecule has 0 N–H and O–H groups in total. The highest BCUT2D eigenvalue weighted by atomic mass is 35.5. The number of halogens is 2. The van der Waals surface area contributed by atoms with E-state index in [2.05, 4.69) is 0 Å². The van der Waals surface area contributed by atoms with E-state index in [0.29, 0.717) is 13.1 Å².